The summed E-state index contributed by atoms with van der Waals surface area (Å²) < 4.78 is 13.3. The highest BCUT2D eigenvalue weighted by molar-refractivity contribution is 5.77. The number of amides is 1. The van der Waals surface area contributed by atoms with Gasteiger partial charge in [0.2, 0.25) is 5.91 Å². The molecule has 0 heterocycles. The Morgan fingerprint density at radius 1 is 1.33 bits per heavy atom. The van der Waals surface area contributed by atoms with Crippen molar-refractivity contribution >= 4 is 5.91 Å². The molecule has 0 bridgehead atoms. The molecule has 0 saturated carbocycles. The van der Waals surface area contributed by atoms with Crippen LogP contribution in [-0.4, -0.2) is 19.0 Å². The lowest BCUT2D eigenvalue weighted by molar-refractivity contribution is -0.123. The van der Waals surface area contributed by atoms with Gasteiger partial charge in [-0.2, -0.15) is 0 Å². The second-order valence-electron chi connectivity index (χ2n) is 4.71. The van der Waals surface area contributed by atoms with Crippen molar-refractivity contribution in [3.63, 3.8) is 0 Å². The molecular formula is C14H21FN2O. The minimum Gasteiger partial charge on any atom is -0.355 e. The van der Waals surface area contributed by atoms with Crippen LogP contribution in [-0.2, 0) is 11.3 Å². The Labute approximate surface area is 108 Å². The zero-order valence-electron chi connectivity index (χ0n) is 11.2. The van der Waals surface area contributed by atoms with E-state index >= 15 is 0 Å². The molecule has 0 unspecified atom stereocenters. The number of hydrogen-bond donors (Lipinski definition) is 2. The summed E-state index contributed by atoms with van der Waals surface area (Å²) in [5.41, 5.74) is 1.57. The Hall–Kier alpha value is -1.42. The molecule has 1 aromatic rings. The molecule has 0 aliphatic heterocycles. The number of rotatable bonds is 6. The highest BCUT2D eigenvalue weighted by Gasteiger charge is 2.04. The van der Waals surface area contributed by atoms with Crippen molar-refractivity contribution in [2.75, 3.05) is 13.1 Å². The molecule has 1 rings (SSSR count). The molecule has 100 valence electrons. The maximum atomic E-state index is 13.3. The van der Waals surface area contributed by atoms with Crippen LogP contribution in [0.15, 0.2) is 18.2 Å². The van der Waals surface area contributed by atoms with Gasteiger partial charge in [0, 0.05) is 25.6 Å². The largest absolute Gasteiger partial charge is 0.355 e. The number of benzene rings is 1. The predicted octanol–water partition coefficient (Wildman–Crippen LogP) is 2.00. The average molecular weight is 252 g/mol. The topological polar surface area (TPSA) is 41.1 Å². The fraction of sp³-hybridized carbons (Fsp3) is 0.500. The third-order valence-electron chi connectivity index (χ3n) is 2.69. The Kier molecular flexibility index (Phi) is 5.78. The van der Waals surface area contributed by atoms with Crippen LogP contribution in [0.1, 0.15) is 25.0 Å². The van der Waals surface area contributed by atoms with E-state index in [1.165, 1.54) is 6.07 Å². The van der Waals surface area contributed by atoms with Gasteiger partial charge < -0.3 is 10.6 Å². The smallest absolute Gasteiger partial charge is 0.222 e. The highest BCUT2D eigenvalue weighted by atomic mass is 19.1. The van der Waals surface area contributed by atoms with Gasteiger partial charge >= 0.3 is 0 Å². The summed E-state index contributed by atoms with van der Waals surface area (Å²) in [4.78, 5) is 11.3. The maximum Gasteiger partial charge on any atom is 0.222 e. The third-order valence-corrected chi connectivity index (χ3v) is 2.69. The zero-order chi connectivity index (χ0) is 13.5. The quantitative estimate of drug-likeness (QED) is 0.760. The Bertz CT molecular complexity index is 405. The Morgan fingerprint density at radius 2 is 2.06 bits per heavy atom. The number of carbonyl (C=O) groups excluding carboxylic acids is 1. The molecule has 0 aliphatic rings. The molecule has 0 spiro atoms. The van der Waals surface area contributed by atoms with Crippen LogP contribution in [0.5, 0.6) is 0 Å². The van der Waals surface area contributed by atoms with E-state index < -0.39 is 0 Å². The van der Waals surface area contributed by atoms with E-state index in [4.69, 9.17) is 0 Å². The van der Waals surface area contributed by atoms with Gasteiger partial charge in [0.05, 0.1) is 0 Å². The first-order chi connectivity index (χ1) is 8.50. The van der Waals surface area contributed by atoms with E-state index in [1.807, 2.05) is 19.9 Å². The molecule has 1 amide bonds. The van der Waals surface area contributed by atoms with E-state index in [0.717, 1.165) is 5.56 Å². The van der Waals surface area contributed by atoms with Crippen molar-refractivity contribution in [1.29, 1.82) is 0 Å². The van der Waals surface area contributed by atoms with Gasteiger partial charge in [-0.1, -0.05) is 26.0 Å². The van der Waals surface area contributed by atoms with Crippen molar-refractivity contribution < 1.29 is 9.18 Å². The molecule has 4 heteroatoms. The molecule has 0 fully saturated rings. The molecule has 1 aromatic carbocycles. The van der Waals surface area contributed by atoms with Gasteiger partial charge in [-0.15, -0.1) is 0 Å². The lowest BCUT2D eigenvalue weighted by Crippen LogP contribution is -2.34. The summed E-state index contributed by atoms with van der Waals surface area (Å²) in [6.45, 7) is 7.33. The summed E-state index contributed by atoms with van der Waals surface area (Å²) in [6, 6.07) is 5.21. The van der Waals surface area contributed by atoms with E-state index in [-0.39, 0.29) is 17.6 Å². The summed E-state index contributed by atoms with van der Waals surface area (Å²) in [5.74, 6) is -0.114. The number of nitrogens with one attached hydrogen (secondary N) is 2. The summed E-state index contributed by atoms with van der Waals surface area (Å²) in [5, 5.41) is 5.97. The summed E-state index contributed by atoms with van der Waals surface area (Å²) in [6.07, 6.45) is 0. The Balaban J connectivity index is 2.22. The lowest BCUT2D eigenvalue weighted by Gasteiger charge is -2.09. The van der Waals surface area contributed by atoms with Crippen LogP contribution in [0.4, 0.5) is 4.39 Å². The van der Waals surface area contributed by atoms with Crippen molar-refractivity contribution in [3.8, 4) is 0 Å². The van der Waals surface area contributed by atoms with Crippen LogP contribution in [0, 0.1) is 18.7 Å². The van der Waals surface area contributed by atoms with E-state index in [0.29, 0.717) is 25.2 Å². The van der Waals surface area contributed by atoms with Crippen molar-refractivity contribution in [3.05, 3.63) is 35.1 Å². The van der Waals surface area contributed by atoms with Crippen LogP contribution in [0.25, 0.3) is 0 Å². The average Bonchev–Trinajstić information content (AvgIpc) is 2.32. The lowest BCUT2D eigenvalue weighted by atomic mass is 10.1. The predicted molar refractivity (Wildman–Crippen MR) is 70.7 cm³/mol. The standard InChI is InChI=1S/C14H21FN2O/c1-10(2)14(18)17-7-6-16-9-12-5-4-11(3)13(15)8-12/h4-5,8,10,16H,6-7,9H2,1-3H3,(H,17,18). The van der Waals surface area contributed by atoms with Crippen LogP contribution in [0.2, 0.25) is 0 Å². The number of hydrogen-bond acceptors (Lipinski definition) is 2. The monoisotopic (exact) mass is 252 g/mol. The first kappa shape index (κ1) is 14.6. The molecule has 0 atom stereocenters. The molecule has 3 nitrogen and oxygen atoms in total. The number of halogens is 1. The second-order valence-corrected chi connectivity index (χ2v) is 4.71. The summed E-state index contributed by atoms with van der Waals surface area (Å²) in [7, 11) is 0. The van der Waals surface area contributed by atoms with Gasteiger partial charge in [0.1, 0.15) is 5.82 Å². The zero-order valence-corrected chi connectivity index (χ0v) is 11.2. The molecule has 0 saturated heterocycles. The molecule has 0 aromatic heterocycles. The Morgan fingerprint density at radius 3 is 2.67 bits per heavy atom. The van der Waals surface area contributed by atoms with E-state index in [1.54, 1.807) is 13.0 Å². The van der Waals surface area contributed by atoms with Crippen LogP contribution >= 0.6 is 0 Å². The molecule has 0 aliphatic carbocycles. The minimum absolute atomic E-state index is 0.0104. The highest BCUT2D eigenvalue weighted by Crippen LogP contribution is 2.08. The fourth-order valence-corrected chi connectivity index (χ4v) is 1.46. The van der Waals surface area contributed by atoms with Gasteiger partial charge in [-0.05, 0) is 24.1 Å². The first-order valence-corrected chi connectivity index (χ1v) is 6.24. The van der Waals surface area contributed by atoms with E-state index in [9.17, 15) is 9.18 Å². The van der Waals surface area contributed by atoms with Gasteiger partial charge in [-0.3, -0.25) is 4.79 Å². The van der Waals surface area contributed by atoms with Gasteiger partial charge in [0.15, 0.2) is 0 Å². The maximum absolute atomic E-state index is 13.3. The molecule has 2 N–H and O–H groups in total. The van der Waals surface area contributed by atoms with E-state index in [2.05, 4.69) is 10.6 Å². The minimum atomic E-state index is -0.178. The van der Waals surface area contributed by atoms with Gasteiger partial charge in [-0.25, -0.2) is 4.39 Å². The van der Waals surface area contributed by atoms with Gasteiger partial charge in [0.25, 0.3) is 0 Å². The molecule has 18 heavy (non-hydrogen) atoms. The SMILES string of the molecule is Cc1ccc(CNCCNC(=O)C(C)C)cc1F. The second kappa shape index (κ2) is 7.11. The summed E-state index contributed by atoms with van der Waals surface area (Å²) >= 11 is 0. The molecular weight excluding hydrogens is 231 g/mol. The first-order valence-electron chi connectivity index (χ1n) is 6.24. The van der Waals surface area contributed by atoms with Crippen molar-refractivity contribution in [2.45, 2.75) is 27.3 Å². The third kappa shape index (κ3) is 4.84. The number of carbonyl (C=O) groups is 1. The van der Waals surface area contributed by atoms with Crippen LogP contribution in [0.3, 0.4) is 0 Å². The van der Waals surface area contributed by atoms with Crippen molar-refractivity contribution in [2.24, 2.45) is 5.92 Å². The normalized spacial score (nSPS) is 10.7. The number of aryl methyl sites for hydroxylation is 1. The van der Waals surface area contributed by atoms with Crippen LogP contribution < -0.4 is 10.6 Å². The fourth-order valence-electron chi connectivity index (χ4n) is 1.46. The molecule has 0 radical (unpaired) electrons. The van der Waals surface area contributed by atoms with Crippen molar-refractivity contribution in [1.82, 2.24) is 10.6 Å².